The van der Waals surface area contributed by atoms with Crippen LogP contribution in [-0.4, -0.2) is 9.97 Å². The molecule has 0 saturated heterocycles. The molecule has 0 aliphatic heterocycles. The minimum Gasteiger partial charge on any atom is -0.349 e. The van der Waals surface area contributed by atoms with E-state index in [4.69, 9.17) is 17.3 Å². The van der Waals surface area contributed by atoms with Gasteiger partial charge in [-0.15, -0.1) is 0 Å². The van der Waals surface area contributed by atoms with Crippen LogP contribution in [0.15, 0.2) is 30.6 Å². The Morgan fingerprint density at radius 1 is 1.50 bits per heavy atom. The Hall–Kier alpha value is -1.39. The molecular formula is C11H11ClFN3. The Balaban J connectivity index is 2.17. The maximum Gasteiger partial charge on any atom is 0.124 e. The van der Waals surface area contributed by atoms with Crippen molar-refractivity contribution in [3.8, 4) is 0 Å². The number of rotatable bonds is 3. The van der Waals surface area contributed by atoms with E-state index in [9.17, 15) is 4.39 Å². The molecule has 0 aliphatic rings. The highest BCUT2D eigenvalue weighted by molar-refractivity contribution is 6.31. The van der Waals surface area contributed by atoms with E-state index in [-0.39, 0.29) is 11.9 Å². The molecule has 0 spiro atoms. The summed E-state index contributed by atoms with van der Waals surface area (Å²) in [5.41, 5.74) is 6.69. The van der Waals surface area contributed by atoms with Crippen LogP contribution >= 0.6 is 11.6 Å². The standard InChI is InChI=1S/C11H11ClFN3/c12-9-5-7(13)1-2-8(9)10(14)6-11-15-3-4-16-11/h1-5,10H,6,14H2,(H,15,16). The zero-order valence-electron chi connectivity index (χ0n) is 8.45. The Morgan fingerprint density at radius 3 is 2.94 bits per heavy atom. The molecule has 1 unspecified atom stereocenters. The molecule has 5 heteroatoms. The van der Waals surface area contributed by atoms with Crippen LogP contribution < -0.4 is 5.73 Å². The lowest BCUT2D eigenvalue weighted by molar-refractivity contribution is 0.623. The summed E-state index contributed by atoms with van der Waals surface area (Å²) in [5, 5.41) is 0.346. The number of nitrogens with one attached hydrogen (secondary N) is 1. The van der Waals surface area contributed by atoms with Gasteiger partial charge in [-0.2, -0.15) is 0 Å². The van der Waals surface area contributed by atoms with Crippen molar-refractivity contribution in [2.75, 3.05) is 0 Å². The predicted octanol–water partition coefficient (Wildman–Crippen LogP) is 2.44. The van der Waals surface area contributed by atoms with Crippen LogP contribution in [0.5, 0.6) is 0 Å². The Kier molecular flexibility index (Phi) is 3.22. The van der Waals surface area contributed by atoms with Gasteiger partial charge >= 0.3 is 0 Å². The second kappa shape index (κ2) is 4.63. The smallest absolute Gasteiger partial charge is 0.124 e. The summed E-state index contributed by atoms with van der Waals surface area (Å²) in [6.07, 6.45) is 3.93. The van der Waals surface area contributed by atoms with Gasteiger partial charge in [0, 0.05) is 29.9 Å². The third-order valence-electron chi connectivity index (χ3n) is 2.33. The highest BCUT2D eigenvalue weighted by atomic mass is 35.5. The fraction of sp³-hybridized carbons (Fsp3) is 0.182. The molecule has 0 fully saturated rings. The summed E-state index contributed by atoms with van der Waals surface area (Å²) in [6, 6.07) is 3.92. The molecule has 0 saturated carbocycles. The molecule has 0 amide bonds. The van der Waals surface area contributed by atoms with Crippen molar-refractivity contribution in [1.82, 2.24) is 9.97 Å². The summed E-state index contributed by atoms with van der Waals surface area (Å²) < 4.78 is 12.8. The molecule has 2 rings (SSSR count). The average molecular weight is 240 g/mol. The Bertz CT molecular complexity index is 470. The second-order valence-corrected chi connectivity index (χ2v) is 3.92. The van der Waals surface area contributed by atoms with Gasteiger partial charge in [0.2, 0.25) is 0 Å². The van der Waals surface area contributed by atoms with E-state index in [0.717, 1.165) is 11.4 Å². The molecule has 1 atom stereocenters. The zero-order chi connectivity index (χ0) is 11.5. The van der Waals surface area contributed by atoms with Crippen molar-refractivity contribution in [2.24, 2.45) is 5.73 Å². The summed E-state index contributed by atoms with van der Waals surface area (Å²) >= 11 is 5.91. The van der Waals surface area contributed by atoms with E-state index in [1.54, 1.807) is 18.5 Å². The maximum atomic E-state index is 12.8. The minimum atomic E-state index is -0.362. The lowest BCUT2D eigenvalue weighted by atomic mass is 10.0. The fourth-order valence-electron chi connectivity index (χ4n) is 1.53. The van der Waals surface area contributed by atoms with Gasteiger partial charge in [0.15, 0.2) is 0 Å². The number of halogens is 2. The van der Waals surface area contributed by atoms with Crippen LogP contribution in [0.1, 0.15) is 17.4 Å². The number of aromatic amines is 1. The molecule has 84 valence electrons. The highest BCUT2D eigenvalue weighted by Gasteiger charge is 2.12. The Morgan fingerprint density at radius 2 is 2.31 bits per heavy atom. The summed E-state index contributed by atoms with van der Waals surface area (Å²) in [4.78, 5) is 7.04. The van der Waals surface area contributed by atoms with Crippen molar-refractivity contribution in [3.05, 3.63) is 52.8 Å². The van der Waals surface area contributed by atoms with E-state index in [1.165, 1.54) is 12.1 Å². The molecule has 16 heavy (non-hydrogen) atoms. The number of aromatic nitrogens is 2. The molecule has 1 aromatic carbocycles. The molecule has 1 aromatic heterocycles. The van der Waals surface area contributed by atoms with Gasteiger partial charge in [0.1, 0.15) is 11.6 Å². The topological polar surface area (TPSA) is 54.7 Å². The maximum absolute atomic E-state index is 12.8. The normalized spacial score (nSPS) is 12.7. The first-order valence-electron chi connectivity index (χ1n) is 4.85. The van der Waals surface area contributed by atoms with Gasteiger partial charge in [-0.3, -0.25) is 0 Å². The molecule has 2 aromatic rings. The van der Waals surface area contributed by atoms with Gasteiger partial charge in [-0.05, 0) is 17.7 Å². The number of benzene rings is 1. The lowest BCUT2D eigenvalue weighted by Gasteiger charge is -2.12. The van der Waals surface area contributed by atoms with Crippen LogP contribution in [-0.2, 0) is 6.42 Å². The second-order valence-electron chi connectivity index (χ2n) is 3.51. The molecule has 3 nitrogen and oxygen atoms in total. The van der Waals surface area contributed by atoms with Crippen LogP contribution in [0.2, 0.25) is 5.02 Å². The van der Waals surface area contributed by atoms with Crippen LogP contribution in [0.3, 0.4) is 0 Å². The predicted molar refractivity (Wildman–Crippen MR) is 60.6 cm³/mol. The number of hydrogen-bond donors (Lipinski definition) is 2. The van der Waals surface area contributed by atoms with Gasteiger partial charge in [-0.25, -0.2) is 9.37 Å². The number of hydrogen-bond acceptors (Lipinski definition) is 2. The first kappa shape index (κ1) is 11.1. The van der Waals surface area contributed by atoms with E-state index in [1.807, 2.05) is 0 Å². The fourth-order valence-corrected chi connectivity index (χ4v) is 1.84. The summed E-state index contributed by atoms with van der Waals surface area (Å²) in [5.74, 6) is 0.423. The number of imidazole rings is 1. The minimum absolute atomic E-state index is 0.292. The molecular weight excluding hydrogens is 229 g/mol. The van der Waals surface area contributed by atoms with Gasteiger partial charge < -0.3 is 10.7 Å². The van der Waals surface area contributed by atoms with Crippen molar-refractivity contribution in [3.63, 3.8) is 0 Å². The molecule has 3 N–H and O–H groups in total. The van der Waals surface area contributed by atoms with Crippen molar-refractivity contribution in [1.29, 1.82) is 0 Å². The van der Waals surface area contributed by atoms with Crippen molar-refractivity contribution < 1.29 is 4.39 Å². The molecule has 1 heterocycles. The monoisotopic (exact) mass is 239 g/mol. The molecule has 0 radical (unpaired) electrons. The van der Waals surface area contributed by atoms with Gasteiger partial charge in [0.25, 0.3) is 0 Å². The molecule has 0 bridgehead atoms. The summed E-state index contributed by atoms with van der Waals surface area (Å²) in [7, 11) is 0. The van der Waals surface area contributed by atoms with E-state index in [0.29, 0.717) is 11.4 Å². The van der Waals surface area contributed by atoms with E-state index < -0.39 is 0 Å². The van der Waals surface area contributed by atoms with Gasteiger partial charge in [-0.1, -0.05) is 17.7 Å². The van der Waals surface area contributed by atoms with Crippen molar-refractivity contribution in [2.45, 2.75) is 12.5 Å². The van der Waals surface area contributed by atoms with Gasteiger partial charge in [0.05, 0.1) is 0 Å². The number of H-pyrrole nitrogens is 1. The third-order valence-corrected chi connectivity index (χ3v) is 2.66. The van der Waals surface area contributed by atoms with Crippen LogP contribution in [0.4, 0.5) is 4.39 Å². The Labute approximate surface area is 97.5 Å². The molecule has 0 aliphatic carbocycles. The average Bonchev–Trinajstić information content (AvgIpc) is 2.70. The van der Waals surface area contributed by atoms with E-state index >= 15 is 0 Å². The quantitative estimate of drug-likeness (QED) is 0.865. The van der Waals surface area contributed by atoms with Crippen LogP contribution in [0, 0.1) is 5.82 Å². The first-order valence-corrected chi connectivity index (χ1v) is 5.23. The lowest BCUT2D eigenvalue weighted by Crippen LogP contribution is -2.14. The number of nitrogens with two attached hydrogens (primary N) is 1. The first-order chi connectivity index (χ1) is 7.66. The largest absolute Gasteiger partial charge is 0.349 e. The van der Waals surface area contributed by atoms with Crippen molar-refractivity contribution >= 4 is 11.6 Å². The SMILES string of the molecule is NC(Cc1ncc[nH]1)c1ccc(F)cc1Cl. The third kappa shape index (κ3) is 2.40. The highest BCUT2D eigenvalue weighted by Crippen LogP contribution is 2.24. The van der Waals surface area contributed by atoms with Crippen LogP contribution in [0.25, 0.3) is 0 Å². The number of nitrogens with zero attached hydrogens (tertiary/aromatic N) is 1. The summed E-state index contributed by atoms with van der Waals surface area (Å²) in [6.45, 7) is 0. The van der Waals surface area contributed by atoms with E-state index in [2.05, 4.69) is 9.97 Å². The zero-order valence-corrected chi connectivity index (χ0v) is 9.21.